The van der Waals surface area contributed by atoms with Crippen LogP contribution in [-0.2, 0) is 14.6 Å². The van der Waals surface area contributed by atoms with E-state index >= 15 is 0 Å². The summed E-state index contributed by atoms with van der Waals surface area (Å²) in [5, 5.41) is 9.46. The zero-order valence-electron chi connectivity index (χ0n) is 9.31. The number of phenols is 1. The van der Waals surface area contributed by atoms with Gasteiger partial charge in [0.15, 0.2) is 9.84 Å². The van der Waals surface area contributed by atoms with Gasteiger partial charge in [0.2, 0.25) is 0 Å². The summed E-state index contributed by atoms with van der Waals surface area (Å²) in [6.45, 7) is 0. The van der Waals surface area contributed by atoms with Crippen LogP contribution in [0.25, 0.3) is 0 Å². The van der Waals surface area contributed by atoms with Gasteiger partial charge in [-0.3, -0.25) is 0 Å². The van der Waals surface area contributed by atoms with E-state index in [4.69, 9.17) is 0 Å². The molecule has 1 aromatic rings. The molecule has 0 amide bonds. The first-order chi connectivity index (χ1) is 7.46. The van der Waals surface area contributed by atoms with Gasteiger partial charge in [0.05, 0.1) is 4.75 Å². The van der Waals surface area contributed by atoms with E-state index in [1.807, 2.05) is 0 Å². The molecule has 3 nitrogen and oxygen atoms in total. The van der Waals surface area contributed by atoms with Gasteiger partial charge in [0.25, 0.3) is 0 Å². The maximum atomic E-state index is 12.0. The third-order valence-electron chi connectivity index (χ3n) is 3.49. The molecular weight excluding hydrogens is 224 g/mol. The number of rotatable bonds is 2. The Bertz CT molecular complexity index is 485. The lowest BCUT2D eigenvalue weighted by molar-refractivity contribution is 0.471. The first-order valence-electron chi connectivity index (χ1n) is 5.45. The molecule has 0 radical (unpaired) electrons. The largest absolute Gasteiger partial charge is 0.508 e. The van der Waals surface area contributed by atoms with Gasteiger partial charge < -0.3 is 5.11 Å². The monoisotopic (exact) mass is 240 g/mol. The molecule has 0 unspecified atom stereocenters. The lowest BCUT2D eigenvalue weighted by Crippen LogP contribution is -2.31. The second-order valence-corrected chi connectivity index (χ2v) is 6.85. The maximum Gasteiger partial charge on any atom is 0.157 e. The predicted molar refractivity (Wildman–Crippen MR) is 63.1 cm³/mol. The Labute approximate surface area is 96.0 Å². The fourth-order valence-corrected chi connectivity index (χ4v) is 4.19. The van der Waals surface area contributed by atoms with Gasteiger partial charge in [0, 0.05) is 6.26 Å². The predicted octanol–water partition coefficient (Wildman–Crippen LogP) is 2.21. The van der Waals surface area contributed by atoms with Crippen LogP contribution in [0.1, 0.15) is 31.2 Å². The average Bonchev–Trinajstić information content (AvgIpc) is 2.66. The molecule has 0 aliphatic heterocycles. The highest BCUT2D eigenvalue weighted by Crippen LogP contribution is 2.45. The van der Waals surface area contributed by atoms with Crippen LogP contribution in [0.3, 0.4) is 0 Å². The minimum absolute atomic E-state index is 0.132. The van der Waals surface area contributed by atoms with Crippen LogP contribution in [0.4, 0.5) is 0 Å². The Morgan fingerprint density at radius 1 is 1.25 bits per heavy atom. The molecule has 1 saturated carbocycles. The van der Waals surface area contributed by atoms with Crippen molar-refractivity contribution in [3.8, 4) is 5.75 Å². The van der Waals surface area contributed by atoms with Crippen molar-refractivity contribution < 1.29 is 13.5 Å². The van der Waals surface area contributed by atoms with Crippen LogP contribution in [0, 0.1) is 0 Å². The van der Waals surface area contributed by atoms with Crippen molar-refractivity contribution >= 4 is 9.84 Å². The van der Waals surface area contributed by atoms with Gasteiger partial charge in [-0.25, -0.2) is 8.42 Å². The molecule has 16 heavy (non-hydrogen) atoms. The van der Waals surface area contributed by atoms with Crippen LogP contribution in [0.2, 0.25) is 0 Å². The van der Waals surface area contributed by atoms with Crippen LogP contribution >= 0.6 is 0 Å². The van der Waals surface area contributed by atoms with Crippen LogP contribution < -0.4 is 0 Å². The summed E-state index contributed by atoms with van der Waals surface area (Å²) >= 11 is 0. The van der Waals surface area contributed by atoms with Crippen molar-refractivity contribution in [2.45, 2.75) is 30.4 Å². The van der Waals surface area contributed by atoms with E-state index in [0.29, 0.717) is 12.8 Å². The Balaban J connectivity index is 2.57. The fourth-order valence-electron chi connectivity index (χ4n) is 2.61. The van der Waals surface area contributed by atoms with Gasteiger partial charge in [0.1, 0.15) is 5.75 Å². The third kappa shape index (κ3) is 1.71. The molecule has 1 aliphatic carbocycles. The molecule has 0 spiro atoms. The molecular formula is C12H16O3S. The summed E-state index contributed by atoms with van der Waals surface area (Å²) in [4.78, 5) is 0. The third-order valence-corrected chi connectivity index (χ3v) is 5.56. The lowest BCUT2D eigenvalue weighted by atomic mass is 9.96. The van der Waals surface area contributed by atoms with Crippen molar-refractivity contribution in [1.82, 2.24) is 0 Å². The summed E-state index contributed by atoms with van der Waals surface area (Å²) < 4.78 is 23.2. The SMILES string of the molecule is CS(=O)(=O)C1(c2cccc(O)c2)CCCC1. The quantitative estimate of drug-likeness (QED) is 0.862. The average molecular weight is 240 g/mol. The van der Waals surface area contributed by atoms with Gasteiger partial charge in [-0.1, -0.05) is 25.0 Å². The number of benzene rings is 1. The Morgan fingerprint density at radius 2 is 1.88 bits per heavy atom. The van der Waals surface area contributed by atoms with Gasteiger partial charge in [-0.05, 0) is 30.5 Å². The van der Waals surface area contributed by atoms with E-state index < -0.39 is 14.6 Å². The van der Waals surface area contributed by atoms with Crippen molar-refractivity contribution in [1.29, 1.82) is 0 Å². The molecule has 1 aliphatic rings. The van der Waals surface area contributed by atoms with Gasteiger partial charge in [-0.15, -0.1) is 0 Å². The first kappa shape index (κ1) is 11.5. The van der Waals surface area contributed by atoms with Crippen LogP contribution in [0.5, 0.6) is 5.75 Å². The van der Waals surface area contributed by atoms with E-state index in [1.165, 1.54) is 6.26 Å². The summed E-state index contributed by atoms with van der Waals surface area (Å²) in [6, 6.07) is 6.64. The standard InChI is InChI=1S/C12H16O3S/c1-16(14,15)12(7-2-3-8-12)10-5-4-6-11(13)9-10/h4-6,9,13H,2-3,7-8H2,1H3. The Hall–Kier alpha value is -1.03. The number of aromatic hydroxyl groups is 1. The molecule has 0 heterocycles. The Morgan fingerprint density at radius 3 is 2.38 bits per heavy atom. The van der Waals surface area contributed by atoms with Crippen LogP contribution in [0.15, 0.2) is 24.3 Å². The first-order valence-corrected chi connectivity index (χ1v) is 7.34. The molecule has 0 bridgehead atoms. The van der Waals surface area contributed by atoms with Crippen molar-refractivity contribution in [2.24, 2.45) is 0 Å². The second-order valence-electron chi connectivity index (χ2n) is 4.52. The summed E-state index contributed by atoms with van der Waals surface area (Å²) in [6.07, 6.45) is 4.48. The highest BCUT2D eigenvalue weighted by atomic mass is 32.2. The highest BCUT2D eigenvalue weighted by Gasteiger charge is 2.44. The van der Waals surface area contributed by atoms with Gasteiger partial charge in [-0.2, -0.15) is 0 Å². The molecule has 1 aromatic carbocycles. The number of hydrogen-bond acceptors (Lipinski definition) is 3. The molecule has 1 fully saturated rings. The van der Waals surface area contributed by atoms with Crippen LogP contribution in [-0.4, -0.2) is 19.8 Å². The molecule has 4 heteroatoms. The number of hydrogen-bond donors (Lipinski definition) is 1. The minimum atomic E-state index is -3.15. The van der Waals surface area contributed by atoms with E-state index in [1.54, 1.807) is 24.3 Å². The van der Waals surface area contributed by atoms with E-state index in [9.17, 15) is 13.5 Å². The number of phenolic OH excluding ortho intramolecular Hbond substituents is 1. The van der Waals surface area contributed by atoms with E-state index in [2.05, 4.69) is 0 Å². The number of sulfone groups is 1. The minimum Gasteiger partial charge on any atom is -0.508 e. The lowest BCUT2D eigenvalue weighted by Gasteiger charge is -2.27. The molecule has 1 N–H and O–H groups in total. The molecule has 0 atom stereocenters. The summed E-state index contributed by atoms with van der Waals surface area (Å²) in [5.41, 5.74) is 0.729. The maximum absolute atomic E-state index is 12.0. The Kier molecular flexibility index (Phi) is 2.70. The van der Waals surface area contributed by atoms with Gasteiger partial charge >= 0.3 is 0 Å². The zero-order chi connectivity index (χ0) is 11.8. The zero-order valence-corrected chi connectivity index (χ0v) is 10.1. The fraction of sp³-hybridized carbons (Fsp3) is 0.500. The highest BCUT2D eigenvalue weighted by molar-refractivity contribution is 7.91. The molecule has 2 rings (SSSR count). The topological polar surface area (TPSA) is 54.4 Å². The van der Waals surface area contributed by atoms with Crippen molar-refractivity contribution in [2.75, 3.05) is 6.26 Å². The second kappa shape index (κ2) is 3.77. The van der Waals surface area contributed by atoms with Crippen molar-refractivity contribution in [3.05, 3.63) is 29.8 Å². The summed E-state index contributed by atoms with van der Waals surface area (Å²) in [7, 11) is -3.15. The smallest absolute Gasteiger partial charge is 0.157 e. The molecule has 0 saturated heterocycles. The summed E-state index contributed by atoms with van der Waals surface area (Å²) in [5.74, 6) is 0.132. The molecule has 0 aromatic heterocycles. The van der Waals surface area contributed by atoms with E-state index in [-0.39, 0.29) is 5.75 Å². The van der Waals surface area contributed by atoms with Crippen molar-refractivity contribution in [3.63, 3.8) is 0 Å². The van der Waals surface area contributed by atoms with E-state index in [0.717, 1.165) is 18.4 Å². The normalized spacial score (nSPS) is 19.8. The molecule has 88 valence electrons.